The van der Waals surface area contributed by atoms with Gasteiger partial charge in [-0.2, -0.15) is 8.42 Å². The normalized spacial score (nSPS) is 17.4. The molecule has 0 bridgehead atoms. The highest BCUT2D eigenvalue weighted by atomic mass is 35.5. The molecule has 210 valence electrons. The third-order valence-electron chi connectivity index (χ3n) is 6.84. The third kappa shape index (κ3) is 9.31. The van der Waals surface area contributed by atoms with Gasteiger partial charge in [-0.25, -0.2) is 4.79 Å². The number of aryl methyl sites for hydroxylation is 1. The lowest BCUT2D eigenvalue weighted by Crippen LogP contribution is -2.46. The van der Waals surface area contributed by atoms with Crippen molar-refractivity contribution >= 4 is 50.7 Å². The number of fused-ring (bicyclic) bond motifs is 1. The molecule has 38 heavy (non-hydrogen) atoms. The van der Waals surface area contributed by atoms with Gasteiger partial charge < -0.3 is 15.5 Å². The Hall–Kier alpha value is -2.04. The first-order chi connectivity index (χ1) is 17.8. The van der Waals surface area contributed by atoms with Crippen LogP contribution in [0.25, 0.3) is 0 Å². The minimum atomic E-state index is -3.67. The zero-order valence-electron chi connectivity index (χ0n) is 22.3. The zero-order valence-corrected chi connectivity index (χ0v) is 24.6. The number of hydrogen-bond donors (Lipinski definition) is 3. The predicted octanol–water partition coefficient (Wildman–Crippen LogP) is 5.45. The van der Waals surface area contributed by atoms with E-state index in [2.05, 4.69) is 58.5 Å². The van der Waals surface area contributed by atoms with Crippen molar-refractivity contribution in [2.45, 2.75) is 44.9 Å². The molecule has 1 fully saturated rings. The van der Waals surface area contributed by atoms with E-state index in [0.717, 1.165) is 56.9 Å². The van der Waals surface area contributed by atoms with Crippen molar-refractivity contribution in [2.24, 2.45) is 0 Å². The molecule has 0 saturated carbocycles. The molecule has 0 aromatic heterocycles. The second-order valence-corrected chi connectivity index (χ2v) is 12.8. The van der Waals surface area contributed by atoms with Crippen LogP contribution in [0.15, 0.2) is 36.4 Å². The number of benzene rings is 2. The monoisotopic (exact) mass is 584 g/mol. The summed E-state index contributed by atoms with van der Waals surface area (Å²) in [5.41, 5.74) is 4.40. The summed E-state index contributed by atoms with van der Waals surface area (Å²) in [4.78, 5) is 16.9. The van der Waals surface area contributed by atoms with Gasteiger partial charge in [0.15, 0.2) is 0 Å². The van der Waals surface area contributed by atoms with Crippen LogP contribution in [0.5, 0.6) is 0 Å². The molecule has 2 aliphatic rings. The fourth-order valence-corrected chi connectivity index (χ4v) is 5.21. The topological polar surface area (TPSA) is 102 Å². The minimum absolute atomic E-state index is 0.0743. The van der Waals surface area contributed by atoms with Gasteiger partial charge in [-0.1, -0.05) is 61.7 Å². The standard InChI is InChI=1S/C26H34Cl2N4O.CH4O3S/c1-26(2)18-29-25(33)30-22-17-19(10-11-20(22)26)7-4-3-5-12-31-13-15-32(16-14-31)23-9-6-8-21(27)24(23)28;1-5(2,3)4/h6,8-11,17H,3-5,7,12-16,18H2,1-2H3,(H2,29,30,33);1H3,(H,2,3,4). The van der Waals surface area contributed by atoms with E-state index in [0.29, 0.717) is 22.8 Å². The molecule has 0 radical (unpaired) electrons. The number of anilines is 2. The van der Waals surface area contributed by atoms with Crippen LogP contribution in [0.1, 0.15) is 44.2 Å². The van der Waals surface area contributed by atoms with Gasteiger partial charge in [-0.3, -0.25) is 9.45 Å². The molecule has 2 heterocycles. The summed E-state index contributed by atoms with van der Waals surface area (Å²) >= 11 is 12.6. The fourth-order valence-electron chi connectivity index (χ4n) is 4.79. The Morgan fingerprint density at radius 3 is 2.39 bits per heavy atom. The van der Waals surface area contributed by atoms with E-state index in [1.54, 1.807) is 0 Å². The van der Waals surface area contributed by atoms with Crippen LogP contribution in [0.3, 0.4) is 0 Å². The smallest absolute Gasteiger partial charge is 0.319 e. The molecule has 2 aromatic carbocycles. The van der Waals surface area contributed by atoms with Gasteiger partial charge in [0.1, 0.15) is 0 Å². The lowest BCUT2D eigenvalue weighted by molar-refractivity contribution is 0.250. The van der Waals surface area contributed by atoms with Crippen LogP contribution in [0.2, 0.25) is 10.0 Å². The number of unbranched alkanes of at least 4 members (excludes halogenated alkanes) is 2. The molecular weight excluding hydrogens is 547 g/mol. The largest absolute Gasteiger partial charge is 0.368 e. The summed E-state index contributed by atoms with van der Waals surface area (Å²) in [6, 6.07) is 12.3. The number of rotatable bonds is 7. The van der Waals surface area contributed by atoms with Crippen molar-refractivity contribution in [1.82, 2.24) is 10.2 Å². The Labute approximate surface area is 236 Å². The fraction of sp³-hybridized carbons (Fsp3) is 0.519. The van der Waals surface area contributed by atoms with Crippen molar-refractivity contribution in [3.05, 3.63) is 57.6 Å². The molecule has 0 unspecified atom stereocenters. The Balaban J connectivity index is 0.000000732. The molecule has 2 aliphatic heterocycles. The third-order valence-corrected chi connectivity index (χ3v) is 7.65. The van der Waals surface area contributed by atoms with Gasteiger partial charge in [0.2, 0.25) is 0 Å². The number of carbonyl (C=O) groups is 1. The minimum Gasteiger partial charge on any atom is -0.368 e. The van der Waals surface area contributed by atoms with Crippen molar-refractivity contribution in [1.29, 1.82) is 0 Å². The lowest BCUT2D eigenvalue weighted by atomic mass is 9.83. The van der Waals surface area contributed by atoms with Crippen molar-refractivity contribution in [3.8, 4) is 0 Å². The van der Waals surface area contributed by atoms with E-state index in [1.165, 1.54) is 24.0 Å². The van der Waals surface area contributed by atoms with Crippen LogP contribution >= 0.6 is 23.2 Å². The number of amides is 2. The number of carbonyl (C=O) groups excluding carboxylic acids is 1. The summed E-state index contributed by atoms with van der Waals surface area (Å²) in [7, 11) is -3.67. The molecular formula is C27H38Cl2N4O4S. The van der Waals surface area contributed by atoms with Gasteiger partial charge in [-0.05, 0) is 55.1 Å². The predicted molar refractivity (Wildman–Crippen MR) is 157 cm³/mol. The highest BCUT2D eigenvalue weighted by molar-refractivity contribution is 7.85. The van der Waals surface area contributed by atoms with E-state index >= 15 is 0 Å². The van der Waals surface area contributed by atoms with Crippen LogP contribution in [0.4, 0.5) is 16.2 Å². The lowest BCUT2D eigenvalue weighted by Gasteiger charge is -2.36. The Kier molecular flexibility index (Phi) is 10.7. The van der Waals surface area contributed by atoms with Crippen molar-refractivity contribution < 1.29 is 17.8 Å². The average molecular weight is 586 g/mol. The van der Waals surface area contributed by atoms with Gasteiger partial charge in [0.05, 0.1) is 22.0 Å². The summed E-state index contributed by atoms with van der Waals surface area (Å²) in [6.45, 7) is 10.2. The molecule has 0 spiro atoms. The maximum absolute atomic E-state index is 12.0. The summed E-state index contributed by atoms with van der Waals surface area (Å²) in [5, 5.41) is 7.22. The molecule has 0 aliphatic carbocycles. The van der Waals surface area contributed by atoms with E-state index in [9.17, 15) is 13.2 Å². The number of hydrogen-bond acceptors (Lipinski definition) is 5. The quantitative estimate of drug-likeness (QED) is 0.295. The Morgan fingerprint density at radius 1 is 1.03 bits per heavy atom. The van der Waals surface area contributed by atoms with Gasteiger partial charge in [0, 0.05) is 43.8 Å². The highest BCUT2D eigenvalue weighted by Gasteiger charge is 2.28. The molecule has 2 aromatic rings. The first kappa shape index (κ1) is 30.5. The molecule has 11 heteroatoms. The number of urea groups is 1. The molecule has 2 amide bonds. The van der Waals surface area contributed by atoms with Gasteiger partial charge in [-0.15, -0.1) is 0 Å². The van der Waals surface area contributed by atoms with Crippen LogP contribution in [-0.4, -0.2) is 69.4 Å². The maximum atomic E-state index is 12.0. The second kappa shape index (κ2) is 13.3. The number of piperazine rings is 1. The van der Waals surface area contributed by atoms with E-state index in [1.807, 2.05) is 12.1 Å². The van der Waals surface area contributed by atoms with Gasteiger partial charge >= 0.3 is 6.03 Å². The van der Waals surface area contributed by atoms with E-state index in [-0.39, 0.29) is 11.4 Å². The number of nitrogens with zero attached hydrogens (tertiary/aromatic N) is 2. The first-order valence-corrected chi connectivity index (χ1v) is 15.5. The van der Waals surface area contributed by atoms with Crippen LogP contribution < -0.4 is 15.5 Å². The van der Waals surface area contributed by atoms with Gasteiger partial charge in [0.25, 0.3) is 10.1 Å². The molecule has 3 N–H and O–H groups in total. The first-order valence-electron chi connectivity index (χ1n) is 12.9. The second-order valence-electron chi connectivity index (χ2n) is 10.5. The molecule has 4 rings (SSSR count). The number of nitrogens with one attached hydrogen (secondary N) is 2. The van der Waals surface area contributed by atoms with Crippen LogP contribution in [-0.2, 0) is 22.0 Å². The average Bonchev–Trinajstić information content (AvgIpc) is 2.95. The van der Waals surface area contributed by atoms with Crippen molar-refractivity contribution in [2.75, 3.05) is 55.7 Å². The SMILES string of the molecule is CC1(C)CNC(=O)Nc2cc(CCCCCN3CCN(c4cccc(Cl)c4Cl)CC3)ccc21.CS(=O)(=O)O. The van der Waals surface area contributed by atoms with E-state index < -0.39 is 10.1 Å². The maximum Gasteiger partial charge on any atom is 0.319 e. The zero-order chi connectivity index (χ0) is 27.9. The number of halogens is 2. The van der Waals surface area contributed by atoms with Crippen LogP contribution in [0, 0.1) is 0 Å². The molecule has 0 atom stereocenters. The summed E-state index contributed by atoms with van der Waals surface area (Å²) in [6.07, 6.45) is 5.32. The highest BCUT2D eigenvalue weighted by Crippen LogP contribution is 2.34. The van der Waals surface area contributed by atoms with E-state index in [4.69, 9.17) is 27.8 Å². The Morgan fingerprint density at radius 2 is 1.71 bits per heavy atom. The molecule has 8 nitrogen and oxygen atoms in total. The summed E-state index contributed by atoms with van der Waals surface area (Å²) < 4.78 is 25.9. The Bertz CT molecular complexity index is 1210. The van der Waals surface area contributed by atoms with Crippen molar-refractivity contribution in [3.63, 3.8) is 0 Å². The summed E-state index contributed by atoms with van der Waals surface area (Å²) in [5.74, 6) is 0. The molecule has 1 saturated heterocycles.